The van der Waals surface area contributed by atoms with E-state index in [4.69, 9.17) is 4.52 Å². The van der Waals surface area contributed by atoms with Crippen LogP contribution in [0, 0.1) is 0 Å². The molecular formula is C16H25N7O. The highest BCUT2D eigenvalue weighted by molar-refractivity contribution is 5.26. The van der Waals surface area contributed by atoms with Gasteiger partial charge in [0.15, 0.2) is 0 Å². The molecule has 0 bridgehead atoms. The lowest BCUT2D eigenvalue weighted by molar-refractivity contribution is 0.207. The highest BCUT2D eigenvalue weighted by Gasteiger charge is 2.31. The lowest BCUT2D eigenvalue weighted by Crippen LogP contribution is -2.33. The Morgan fingerprint density at radius 3 is 2.67 bits per heavy atom. The number of aromatic nitrogens is 5. The van der Waals surface area contributed by atoms with E-state index in [-0.39, 0.29) is 5.92 Å². The molecule has 1 fully saturated rings. The van der Waals surface area contributed by atoms with Crippen LogP contribution in [-0.2, 0) is 12.8 Å². The average Bonchev–Trinajstić information content (AvgIpc) is 3.22. The van der Waals surface area contributed by atoms with Crippen molar-refractivity contribution in [1.82, 2.24) is 30.0 Å². The van der Waals surface area contributed by atoms with E-state index in [2.05, 4.69) is 37.1 Å². The van der Waals surface area contributed by atoms with Crippen LogP contribution in [-0.4, -0.2) is 64.3 Å². The Labute approximate surface area is 141 Å². The molecule has 130 valence electrons. The molecule has 1 saturated heterocycles. The molecule has 2 aliphatic rings. The van der Waals surface area contributed by atoms with Crippen LogP contribution < -0.4 is 4.90 Å². The van der Waals surface area contributed by atoms with E-state index in [0.29, 0.717) is 12.0 Å². The Morgan fingerprint density at radius 2 is 1.96 bits per heavy atom. The number of likely N-dealkylation sites (tertiary alicyclic amines) is 1. The van der Waals surface area contributed by atoms with Crippen molar-refractivity contribution in [3.05, 3.63) is 17.3 Å². The summed E-state index contributed by atoms with van der Waals surface area (Å²) in [5.41, 5.74) is 2.42. The minimum Gasteiger partial charge on any atom is -0.344 e. The second-order valence-corrected chi connectivity index (χ2v) is 7.23. The van der Waals surface area contributed by atoms with Crippen LogP contribution in [0.3, 0.4) is 0 Å². The zero-order valence-electron chi connectivity index (χ0n) is 14.6. The molecule has 2 aromatic heterocycles. The fourth-order valence-corrected chi connectivity index (χ4v) is 3.72. The van der Waals surface area contributed by atoms with Crippen LogP contribution in [0.15, 0.2) is 4.52 Å². The number of hydrogen-bond donors (Lipinski definition) is 0. The number of anilines is 1. The van der Waals surface area contributed by atoms with Crippen molar-refractivity contribution in [1.29, 1.82) is 0 Å². The molecule has 24 heavy (non-hydrogen) atoms. The Balaban J connectivity index is 1.54. The van der Waals surface area contributed by atoms with Gasteiger partial charge < -0.3 is 14.3 Å². The molecular weight excluding hydrogens is 306 g/mol. The topological polar surface area (TPSA) is 76.1 Å². The van der Waals surface area contributed by atoms with Crippen LogP contribution in [0.4, 0.5) is 5.95 Å². The maximum absolute atomic E-state index is 5.50. The van der Waals surface area contributed by atoms with Gasteiger partial charge in [-0.15, -0.1) is 5.10 Å². The van der Waals surface area contributed by atoms with E-state index in [1.54, 1.807) is 0 Å². The van der Waals surface area contributed by atoms with Gasteiger partial charge in [-0.25, -0.2) is 4.68 Å². The summed E-state index contributed by atoms with van der Waals surface area (Å²) in [4.78, 5) is 8.78. The van der Waals surface area contributed by atoms with Gasteiger partial charge in [-0.2, -0.15) is 4.98 Å². The van der Waals surface area contributed by atoms with Crippen molar-refractivity contribution in [2.24, 2.45) is 0 Å². The van der Waals surface area contributed by atoms with Gasteiger partial charge in [0, 0.05) is 26.4 Å². The standard InChI is InChI=1S/C16H25N7O/c1-21(2)16-17-15(24-19-16)11-4-5-13-14(10-11)23(20-18-13)12-6-8-22(3)9-7-12/h11-12H,4-10H2,1-3H3. The van der Waals surface area contributed by atoms with Crippen LogP contribution in [0.2, 0.25) is 0 Å². The van der Waals surface area contributed by atoms with Gasteiger partial charge in [0.1, 0.15) is 0 Å². The quantitative estimate of drug-likeness (QED) is 0.838. The molecule has 8 nitrogen and oxygen atoms in total. The largest absolute Gasteiger partial charge is 0.344 e. The Hall–Kier alpha value is -1.96. The minimum atomic E-state index is 0.266. The molecule has 0 aromatic carbocycles. The van der Waals surface area contributed by atoms with E-state index >= 15 is 0 Å². The third-order valence-electron chi connectivity index (χ3n) is 5.26. The number of nitrogens with zero attached hydrogens (tertiary/aromatic N) is 7. The molecule has 0 saturated carbocycles. The van der Waals surface area contributed by atoms with E-state index in [0.717, 1.165) is 56.8 Å². The lowest BCUT2D eigenvalue weighted by Gasteiger charge is -2.30. The van der Waals surface area contributed by atoms with Crippen molar-refractivity contribution < 1.29 is 4.52 Å². The number of rotatable bonds is 3. The first-order valence-electron chi connectivity index (χ1n) is 8.74. The molecule has 2 aromatic rings. The second-order valence-electron chi connectivity index (χ2n) is 7.23. The van der Waals surface area contributed by atoms with E-state index in [1.165, 1.54) is 5.69 Å². The van der Waals surface area contributed by atoms with Gasteiger partial charge in [0.2, 0.25) is 5.89 Å². The molecule has 8 heteroatoms. The fraction of sp³-hybridized carbons (Fsp3) is 0.750. The molecule has 4 rings (SSSR count). The van der Waals surface area contributed by atoms with Crippen LogP contribution in [0.25, 0.3) is 0 Å². The normalized spacial score (nSPS) is 22.5. The molecule has 3 heterocycles. The first-order chi connectivity index (χ1) is 11.6. The summed E-state index contributed by atoms with van der Waals surface area (Å²) < 4.78 is 7.68. The summed E-state index contributed by atoms with van der Waals surface area (Å²) in [5.74, 6) is 1.64. The predicted molar refractivity (Wildman–Crippen MR) is 89.2 cm³/mol. The molecule has 0 amide bonds. The SMILES string of the molecule is CN1CCC(n2nnc3c2CC(c2nc(N(C)C)no2)CC3)CC1. The first kappa shape index (κ1) is 15.6. The summed E-state index contributed by atoms with van der Waals surface area (Å²) >= 11 is 0. The first-order valence-corrected chi connectivity index (χ1v) is 8.74. The highest BCUT2D eigenvalue weighted by Crippen LogP contribution is 2.34. The molecule has 1 unspecified atom stereocenters. The van der Waals surface area contributed by atoms with Crippen molar-refractivity contribution in [2.45, 2.75) is 44.1 Å². The summed E-state index contributed by atoms with van der Waals surface area (Å²) in [6.45, 7) is 2.25. The lowest BCUT2D eigenvalue weighted by atomic mass is 9.89. The van der Waals surface area contributed by atoms with E-state index < -0.39 is 0 Å². The third kappa shape index (κ3) is 2.79. The summed E-state index contributed by atoms with van der Waals surface area (Å²) in [5, 5.41) is 13.0. The molecule has 0 radical (unpaired) electrons. The van der Waals surface area contributed by atoms with Crippen molar-refractivity contribution in [3.8, 4) is 0 Å². The van der Waals surface area contributed by atoms with Gasteiger partial charge in [-0.05, 0) is 51.0 Å². The number of fused-ring (bicyclic) bond motifs is 1. The molecule has 1 atom stereocenters. The van der Waals surface area contributed by atoms with E-state index in [9.17, 15) is 0 Å². The number of aryl methyl sites for hydroxylation is 1. The molecule has 0 spiro atoms. The van der Waals surface area contributed by atoms with E-state index in [1.807, 2.05) is 19.0 Å². The molecule has 1 aliphatic carbocycles. The maximum Gasteiger partial charge on any atom is 0.265 e. The van der Waals surface area contributed by atoms with Gasteiger partial charge in [-0.3, -0.25) is 0 Å². The van der Waals surface area contributed by atoms with Gasteiger partial charge in [0.05, 0.1) is 17.4 Å². The van der Waals surface area contributed by atoms with Gasteiger partial charge in [-0.1, -0.05) is 5.21 Å². The highest BCUT2D eigenvalue weighted by atomic mass is 16.5. The minimum absolute atomic E-state index is 0.266. The van der Waals surface area contributed by atoms with Crippen LogP contribution >= 0.6 is 0 Å². The smallest absolute Gasteiger partial charge is 0.265 e. The van der Waals surface area contributed by atoms with Crippen LogP contribution in [0.5, 0.6) is 0 Å². The Kier molecular flexibility index (Phi) is 3.99. The predicted octanol–water partition coefficient (Wildman–Crippen LogP) is 1.27. The Morgan fingerprint density at radius 1 is 1.17 bits per heavy atom. The Bertz CT molecular complexity index is 699. The second kappa shape index (κ2) is 6.16. The molecule has 1 aliphatic heterocycles. The summed E-state index contributed by atoms with van der Waals surface area (Å²) in [6, 6.07) is 0.469. The maximum atomic E-state index is 5.50. The zero-order chi connectivity index (χ0) is 16.7. The van der Waals surface area contributed by atoms with Crippen molar-refractivity contribution >= 4 is 5.95 Å². The van der Waals surface area contributed by atoms with Crippen molar-refractivity contribution in [2.75, 3.05) is 39.1 Å². The van der Waals surface area contributed by atoms with Crippen LogP contribution in [0.1, 0.15) is 48.5 Å². The third-order valence-corrected chi connectivity index (χ3v) is 5.26. The monoisotopic (exact) mass is 331 g/mol. The summed E-state index contributed by atoms with van der Waals surface area (Å²) in [6.07, 6.45) is 5.11. The van der Waals surface area contributed by atoms with Gasteiger partial charge >= 0.3 is 0 Å². The number of hydrogen-bond acceptors (Lipinski definition) is 7. The van der Waals surface area contributed by atoms with Gasteiger partial charge in [0.25, 0.3) is 5.95 Å². The number of piperidine rings is 1. The fourth-order valence-electron chi connectivity index (χ4n) is 3.72. The molecule has 0 N–H and O–H groups in total. The average molecular weight is 331 g/mol. The summed E-state index contributed by atoms with van der Waals surface area (Å²) in [7, 11) is 6.03. The van der Waals surface area contributed by atoms with Crippen molar-refractivity contribution in [3.63, 3.8) is 0 Å². The zero-order valence-corrected chi connectivity index (χ0v) is 14.6.